The second kappa shape index (κ2) is 10.0. The van der Waals surface area contributed by atoms with Crippen molar-refractivity contribution in [1.29, 1.82) is 0 Å². The van der Waals surface area contributed by atoms with E-state index in [-0.39, 0.29) is 22.7 Å². The van der Waals surface area contributed by atoms with Crippen LogP contribution in [0.25, 0.3) is 0 Å². The molecule has 176 valence electrons. The zero-order valence-corrected chi connectivity index (χ0v) is 17.6. The summed E-state index contributed by atoms with van der Waals surface area (Å²) in [6.45, 7) is 1.49. The maximum Gasteiger partial charge on any atom is 0.416 e. The van der Waals surface area contributed by atoms with Gasteiger partial charge in [0, 0.05) is 29.1 Å². The Kier molecular flexibility index (Phi) is 7.15. The first-order valence-electron chi connectivity index (χ1n) is 9.83. The van der Waals surface area contributed by atoms with Gasteiger partial charge in [0.15, 0.2) is 6.10 Å². The lowest BCUT2D eigenvalue weighted by Crippen LogP contribution is -2.30. The highest BCUT2D eigenvalue weighted by molar-refractivity contribution is 6.04. The molecule has 0 bridgehead atoms. The monoisotopic (exact) mass is 473 g/mol. The molecule has 0 radical (unpaired) electrons. The molecular weight excluding hydrogens is 455 g/mol. The second-order valence-corrected chi connectivity index (χ2v) is 7.11. The fraction of sp³-hybridized carbons (Fsp3) is 0.130. The summed E-state index contributed by atoms with van der Waals surface area (Å²) in [7, 11) is 0. The molecule has 0 aromatic heterocycles. The third-order valence-electron chi connectivity index (χ3n) is 4.59. The number of anilines is 2. The lowest BCUT2D eigenvalue weighted by molar-refractivity contribution is -0.384. The van der Waals surface area contributed by atoms with Gasteiger partial charge in [0.1, 0.15) is 5.75 Å². The first-order valence-corrected chi connectivity index (χ1v) is 9.83. The van der Waals surface area contributed by atoms with Gasteiger partial charge in [-0.05, 0) is 61.5 Å². The van der Waals surface area contributed by atoms with E-state index < -0.39 is 34.6 Å². The van der Waals surface area contributed by atoms with E-state index >= 15 is 0 Å². The largest absolute Gasteiger partial charge is 0.481 e. The van der Waals surface area contributed by atoms with Crippen LogP contribution in [0.1, 0.15) is 22.8 Å². The fourth-order valence-corrected chi connectivity index (χ4v) is 2.83. The van der Waals surface area contributed by atoms with E-state index in [0.717, 1.165) is 12.1 Å². The number of alkyl halides is 3. The normalized spacial score (nSPS) is 11.9. The fourth-order valence-electron chi connectivity index (χ4n) is 2.83. The van der Waals surface area contributed by atoms with E-state index in [9.17, 15) is 32.9 Å². The molecule has 0 heterocycles. The van der Waals surface area contributed by atoms with Gasteiger partial charge in [-0.3, -0.25) is 19.7 Å². The number of hydrogen-bond donors (Lipinski definition) is 2. The van der Waals surface area contributed by atoms with Crippen molar-refractivity contribution in [1.82, 2.24) is 0 Å². The smallest absolute Gasteiger partial charge is 0.416 e. The molecule has 2 N–H and O–H groups in total. The van der Waals surface area contributed by atoms with E-state index in [1.807, 2.05) is 0 Å². The molecule has 3 rings (SSSR count). The Hall–Kier alpha value is -4.41. The van der Waals surface area contributed by atoms with Gasteiger partial charge in [-0.2, -0.15) is 13.2 Å². The summed E-state index contributed by atoms with van der Waals surface area (Å²) >= 11 is 0. The van der Waals surface area contributed by atoms with Crippen molar-refractivity contribution in [2.75, 3.05) is 10.6 Å². The van der Waals surface area contributed by atoms with Gasteiger partial charge in [0.2, 0.25) is 0 Å². The molecule has 0 aliphatic carbocycles. The van der Waals surface area contributed by atoms with E-state index in [4.69, 9.17) is 4.74 Å². The predicted octanol–water partition coefficient (Wildman–Crippen LogP) is 5.27. The van der Waals surface area contributed by atoms with Crippen LogP contribution >= 0.6 is 0 Å². The molecule has 3 aromatic rings. The first kappa shape index (κ1) is 24.2. The number of ether oxygens (including phenoxy) is 1. The van der Waals surface area contributed by atoms with Crippen LogP contribution in [0, 0.1) is 10.1 Å². The van der Waals surface area contributed by atoms with Crippen LogP contribution in [0.2, 0.25) is 0 Å². The zero-order valence-electron chi connectivity index (χ0n) is 17.6. The number of benzene rings is 3. The SMILES string of the molecule is CC(Oc1ccc([N+](=O)[O-])cc1)C(=O)Nc1ccc(C(=O)Nc2cccc(C(F)(F)F)c2)cc1. The van der Waals surface area contributed by atoms with Gasteiger partial charge in [-0.15, -0.1) is 0 Å². The average Bonchev–Trinajstić information content (AvgIpc) is 2.79. The van der Waals surface area contributed by atoms with Crippen LogP contribution in [0.3, 0.4) is 0 Å². The molecular formula is C23H18F3N3O5. The zero-order chi connectivity index (χ0) is 24.9. The lowest BCUT2D eigenvalue weighted by atomic mass is 10.1. The number of non-ortho nitro benzene ring substituents is 1. The highest BCUT2D eigenvalue weighted by Crippen LogP contribution is 2.30. The maximum absolute atomic E-state index is 12.8. The standard InChI is InChI=1S/C23H18F3N3O5/c1-14(34-20-11-9-19(10-12-20)29(32)33)21(30)27-17-7-5-15(6-8-17)22(31)28-18-4-2-3-16(13-18)23(24,25)26/h2-14H,1H3,(H,27,30)(H,28,31). The molecule has 0 aliphatic rings. The maximum atomic E-state index is 12.8. The number of hydrogen-bond acceptors (Lipinski definition) is 5. The third kappa shape index (κ3) is 6.31. The van der Waals surface area contributed by atoms with Crippen LogP contribution in [-0.2, 0) is 11.0 Å². The van der Waals surface area contributed by atoms with E-state index in [0.29, 0.717) is 5.69 Å². The molecule has 0 fully saturated rings. The molecule has 0 spiro atoms. The number of carbonyl (C=O) groups excluding carboxylic acids is 2. The van der Waals surface area contributed by atoms with Crippen LogP contribution in [0.4, 0.5) is 30.2 Å². The number of amides is 2. The predicted molar refractivity (Wildman–Crippen MR) is 118 cm³/mol. The van der Waals surface area contributed by atoms with Gasteiger partial charge in [0.25, 0.3) is 17.5 Å². The van der Waals surface area contributed by atoms with E-state index in [2.05, 4.69) is 10.6 Å². The Balaban J connectivity index is 1.58. The van der Waals surface area contributed by atoms with Crippen molar-refractivity contribution in [3.63, 3.8) is 0 Å². The summed E-state index contributed by atoms with van der Waals surface area (Å²) in [6, 6.07) is 15.2. The molecule has 0 saturated carbocycles. The van der Waals surface area contributed by atoms with Crippen molar-refractivity contribution in [3.05, 3.63) is 94.0 Å². The minimum Gasteiger partial charge on any atom is -0.481 e. The van der Waals surface area contributed by atoms with Gasteiger partial charge in [-0.1, -0.05) is 6.07 Å². The summed E-state index contributed by atoms with van der Waals surface area (Å²) in [5.41, 5.74) is -0.463. The molecule has 34 heavy (non-hydrogen) atoms. The van der Waals surface area contributed by atoms with Crippen molar-refractivity contribution in [3.8, 4) is 5.75 Å². The third-order valence-corrected chi connectivity index (χ3v) is 4.59. The molecule has 2 amide bonds. The molecule has 11 heteroatoms. The first-order chi connectivity index (χ1) is 16.0. The number of nitrogens with one attached hydrogen (secondary N) is 2. The van der Waals surface area contributed by atoms with Gasteiger partial charge < -0.3 is 15.4 Å². The molecule has 3 aromatic carbocycles. The van der Waals surface area contributed by atoms with Gasteiger partial charge in [-0.25, -0.2) is 0 Å². The number of halogens is 3. The van der Waals surface area contributed by atoms with Crippen molar-refractivity contribution in [2.24, 2.45) is 0 Å². The summed E-state index contributed by atoms with van der Waals surface area (Å²) < 4.78 is 43.9. The van der Waals surface area contributed by atoms with Crippen molar-refractivity contribution in [2.45, 2.75) is 19.2 Å². The van der Waals surface area contributed by atoms with Crippen molar-refractivity contribution >= 4 is 28.9 Å². The Morgan fingerprint density at radius 1 is 0.941 bits per heavy atom. The second-order valence-electron chi connectivity index (χ2n) is 7.11. The number of nitro benzene ring substituents is 1. The van der Waals surface area contributed by atoms with Crippen LogP contribution < -0.4 is 15.4 Å². The highest BCUT2D eigenvalue weighted by Gasteiger charge is 2.30. The lowest BCUT2D eigenvalue weighted by Gasteiger charge is -2.15. The van der Waals surface area contributed by atoms with E-state index in [1.165, 1.54) is 67.6 Å². The Labute approximate surface area is 191 Å². The molecule has 1 atom stereocenters. The van der Waals surface area contributed by atoms with E-state index in [1.54, 1.807) is 0 Å². The highest BCUT2D eigenvalue weighted by atomic mass is 19.4. The molecule has 1 unspecified atom stereocenters. The number of nitrogens with zero attached hydrogens (tertiary/aromatic N) is 1. The van der Waals surface area contributed by atoms with Gasteiger partial charge >= 0.3 is 6.18 Å². The van der Waals surface area contributed by atoms with Crippen molar-refractivity contribution < 1.29 is 32.4 Å². The van der Waals surface area contributed by atoms with Crippen LogP contribution in [0.5, 0.6) is 5.75 Å². The number of rotatable bonds is 7. The molecule has 8 nitrogen and oxygen atoms in total. The Bertz CT molecular complexity index is 1200. The Morgan fingerprint density at radius 2 is 1.59 bits per heavy atom. The number of carbonyl (C=O) groups is 2. The minimum atomic E-state index is -4.53. The topological polar surface area (TPSA) is 111 Å². The summed E-state index contributed by atoms with van der Waals surface area (Å²) in [5, 5.41) is 15.7. The number of nitro groups is 1. The summed E-state index contributed by atoms with van der Waals surface area (Å²) in [4.78, 5) is 34.8. The van der Waals surface area contributed by atoms with Gasteiger partial charge in [0.05, 0.1) is 10.5 Å². The quantitative estimate of drug-likeness (QED) is 0.359. The summed E-state index contributed by atoms with van der Waals surface area (Å²) in [5.74, 6) is -0.846. The summed E-state index contributed by atoms with van der Waals surface area (Å²) in [6.07, 6.45) is -5.45. The Morgan fingerprint density at radius 3 is 2.18 bits per heavy atom. The average molecular weight is 473 g/mol. The van der Waals surface area contributed by atoms with Crippen LogP contribution in [-0.4, -0.2) is 22.8 Å². The molecule has 0 aliphatic heterocycles. The minimum absolute atomic E-state index is 0.00516. The van der Waals surface area contributed by atoms with Crippen LogP contribution in [0.15, 0.2) is 72.8 Å². The molecule has 0 saturated heterocycles.